The SMILES string of the molecule is Cc1nc(N(Cc2ccccc2)Cc2ccccc2)ccc1C(F)(F)F.Cc1nc(N)ccc1C(F)(F)F.[B]B([B])B([B])[B]. The number of nitrogen functional groups attached to an aromatic ring is 1. The lowest BCUT2D eigenvalue weighted by molar-refractivity contribution is -0.139. The van der Waals surface area contributed by atoms with Crippen LogP contribution in [0.25, 0.3) is 0 Å². The van der Waals surface area contributed by atoms with Gasteiger partial charge in [-0.1, -0.05) is 60.7 Å². The zero-order valence-corrected chi connectivity index (χ0v) is 24.1. The smallest absolute Gasteiger partial charge is 0.384 e. The van der Waals surface area contributed by atoms with E-state index >= 15 is 0 Å². The Kier molecular flexibility index (Phi) is 13.6. The van der Waals surface area contributed by atoms with E-state index in [9.17, 15) is 26.3 Å². The number of anilines is 2. The lowest BCUT2D eigenvalue weighted by Crippen LogP contribution is -2.38. The molecule has 2 N–H and O–H groups in total. The Balaban J connectivity index is 0.000000309. The zero-order valence-electron chi connectivity index (χ0n) is 24.1. The predicted molar refractivity (Wildman–Crippen MR) is 170 cm³/mol. The Hall–Kier alpha value is -3.69. The molecule has 2 heterocycles. The number of pyridine rings is 2. The summed E-state index contributed by atoms with van der Waals surface area (Å²) in [6.07, 6.45) is -9.92. The lowest BCUT2D eigenvalue weighted by atomic mass is 8.81. The Labute approximate surface area is 260 Å². The average molecular weight is 597 g/mol. The highest BCUT2D eigenvalue weighted by atomic mass is 19.4. The summed E-state index contributed by atoms with van der Waals surface area (Å²) in [6, 6.07) is 24.3. The molecule has 8 radical (unpaired) electrons. The minimum Gasteiger partial charge on any atom is -0.384 e. The fourth-order valence-electron chi connectivity index (χ4n) is 3.73. The first kappa shape index (κ1) is 36.5. The van der Waals surface area contributed by atoms with Gasteiger partial charge in [-0.25, -0.2) is 9.97 Å². The van der Waals surface area contributed by atoms with Crippen molar-refractivity contribution in [3.63, 3.8) is 0 Å². The molecule has 0 atom stereocenters. The molecule has 0 unspecified atom stereocenters. The third-order valence-electron chi connectivity index (χ3n) is 5.99. The normalized spacial score (nSPS) is 10.9. The van der Waals surface area contributed by atoms with Gasteiger partial charge in [-0.15, -0.1) is 0 Å². The van der Waals surface area contributed by atoms with Crippen molar-refractivity contribution in [1.82, 2.24) is 9.97 Å². The summed E-state index contributed by atoms with van der Waals surface area (Å²) in [5, 5.41) is 0. The van der Waals surface area contributed by atoms with Gasteiger partial charge in [0.1, 0.15) is 11.6 Å². The van der Waals surface area contributed by atoms with Crippen molar-refractivity contribution < 1.29 is 26.3 Å². The van der Waals surface area contributed by atoms with E-state index in [0.717, 1.165) is 29.3 Å². The third-order valence-corrected chi connectivity index (χ3v) is 5.99. The highest BCUT2D eigenvalue weighted by molar-refractivity contribution is 7.76. The Morgan fingerprint density at radius 3 is 1.34 bits per heavy atom. The summed E-state index contributed by atoms with van der Waals surface area (Å²) < 4.78 is 75.4. The van der Waals surface area contributed by atoms with Gasteiger partial charge in [0.2, 0.25) is 0 Å². The molecule has 4 nitrogen and oxygen atoms in total. The first-order chi connectivity index (χ1) is 20.5. The Bertz CT molecular complexity index is 1390. The van der Waals surface area contributed by atoms with Gasteiger partial charge in [0, 0.05) is 56.8 Å². The molecular formula is C28H26B6F6N4. The number of aryl methyl sites for hydroxylation is 2. The van der Waals surface area contributed by atoms with Crippen molar-refractivity contribution in [2.45, 2.75) is 39.3 Å². The second-order valence-corrected chi connectivity index (χ2v) is 9.65. The van der Waals surface area contributed by atoms with Crippen molar-refractivity contribution in [2.24, 2.45) is 0 Å². The van der Waals surface area contributed by atoms with Crippen LogP contribution in [-0.2, 0) is 25.4 Å². The van der Waals surface area contributed by atoms with Crippen molar-refractivity contribution in [2.75, 3.05) is 10.6 Å². The number of aromatic nitrogens is 2. The fourth-order valence-corrected chi connectivity index (χ4v) is 3.73. The van der Waals surface area contributed by atoms with Crippen molar-refractivity contribution in [3.8, 4) is 0 Å². The molecule has 4 aromatic rings. The molecule has 218 valence electrons. The van der Waals surface area contributed by atoms with Gasteiger partial charge < -0.3 is 10.6 Å². The van der Waals surface area contributed by atoms with Crippen LogP contribution in [0.5, 0.6) is 0 Å². The van der Waals surface area contributed by atoms with Crippen molar-refractivity contribution in [3.05, 3.63) is 119 Å². The predicted octanol–water partition coefficient (Wildman–Crippen LogP) is 5.32. The van der Waals surface area contributed by atoms with Crippen LogP contribution in [0.4, 0.5) is 38.0 Å². The molecule has 2 aromatic heterocycles. The molecule has 16 heteroatoms. The molecule has 0 fully saturated rings. The number of hydrogen-bond donors (Lipinski definition) is 1. The molecule has 0 aliphatic rings. The minimum atomic E-state index is -4.39. The molecule has 0 aliphatic carbocycles. The second kappa shape index (κ2) is 16.4. The second-order valence-electron chi connectivity index (χ2n) is 9.65. The van der Waals surface area contributed by atoms with E-state index in [2.05, 4.69) is 9.97 Å². The molecule has 0 amide bonds. The van der Waals surface area contributed by atoms with Gasteiger partial charge in [-0.3, -0.25) is 0 Å². The highest BCUT2D eigenvalue weighted by Crippen LogP contribution is 2.33. The highest BCUT2D eigenvalue weighted by Gasteiger charge is 2.34. The summed E-state index contributed by atoms with van der Waals surface area (Å²) in [5.41, 5.74) is 5.80. The quantitative estimate of drug-likeness (QED) is 0.242. The molecule has 0 spiro atoms. The van der Waals surface area contributed by atoms with E-state index in [1.165, 1.54) is 19.9 Å². The molecule has 2 aromatic carbocycles. The van der Waals surface area contributed by atoms with E-state index in [1.807, 2.05) is 65.6 Å². The first-order valence-electron chi connectivity index (χ1n) is 13.2. The molecule has 44 heavy (non-hydrogen) atoms. The number of benzene rings is 2. The number of hydrogen-bond acceptors (Lipinski definition) is 4. The molecular weight excluding hydrogens is 571 g/mol. The van der Waals surface area contributed by atoms with Crippen LogP contribution in [0.1, 0.15) is 33.6 Å². The lowest BCUT2D eigenvalue weighted by Gasteiger charge is -2.25. The molecule has 0 saturated heterocycles. The van der Waals surface area contributed by atoms with Crippen LogP contribution in [0.2, 0.25) is 0 Å². The zero-order chi connectivity index (χ0) is 33.1. The fraction of sp³-hybridized carbons (Fsp3) is 0.214. The standard InChI is InChI=1S/C21H19F3N2.C7H7F3N2.B6/c1-16-19(21(22,23)24)12-13-20(25-16)26(14-17-8-4-2-5-9-17)15-18-10-6-3-7-11-18;1-4-5(7(8,9)10)2-3-6(11)12-4;1-5(2)6(3)4/h2-13H,14-15H2,1H3;2-3H,1H3,(H2,11,12);. The van der Waals surface area contributed by atoms with E-state index in [0.29, 0.717) is 18.9 Å². The number of nitrogens with two attached hydrogens (primary N) is 1. The van der Waals surface area contributed by atoms with Crippen LogP contribution < -0.4 is 10.6 Å². The maximum absolute atomic E-state index is 13.0. The van der Waals surface area contributed by atoms with Gasteiger partial charge >= 0.3 is 12.4 Å². The van der Waals surface area contributed by atoms with Gasteiger partial charge in [0.15, 0.2) is 0 Å². The van der Waals surface area contributed by atoms with Gasteiger partial charge in [0.25, 0.3) is 0 Å². The maximum atomic E-state index is 13.0. The molecule has 0 saturated carbocycles. The van der Waals surface area contributed by atoms with Crippen LogP contribution in [0, 0.1) is 13.8 Å². The summed E-state index contributed by atoms with van der Waals surface area (Å²) in [7, 11) is 19.9. The number of alkyl halides is 6. The van der Waals surface area contributed by atoms with E-state index in [1.54, 1.807) is 0 Å². The summed E-state index contributed by atoms with van der Waals surface area (Å²) in [4.78, 5) is 9.72. The summed E-state index contributed by atoms with van der Waals surface area (Å²) in [6.45, 7) is 3.80. The van der Waals surface area contributed by atoms with Gasteiger partial charge in [0.05, 0.1) is 22.5 Å². The molecule has 4 rings (SSSR count). The number of halogens is 6. The summed E-state index contributed by atoms with van der Waals surface area (Å²) >= 11 is 0. The van der Waals surface area contributed by atoms with Gasteiger partial charge in [-0.2, -0.15) is 26.3 Å². The van der Waals surface area contributed by atoms with E-state index in [4.69, 9.17) is 36.7 Å². The molecule has 0 aliphatic heterocycles. The monoisotopic (exact) mass is 598 g/mol. The summed E-state index contributed by atoms with van der Waals surface area (Å²) in [5.74, 6) is 0.628. The third kappa shape index (κ3) is 12.1. The van der Waals surface area contributed by atoms with E-state index < -0.39 is 36.2 Å². The van der Waals surface area contributed by atoms with Crippen LogP contribution in [0.15, 0.2) is 84.9 Å². The minimum absolute atomic E-state index is 0.0128. The maximum Gasteiger partial charge on any atom is 0.418 e. The first-order valence-corrected chi connectivity index (χ1v) is 13.2. The van der Waals surface area contributed by atoms with Crippen LogP contribution >= 0.6 is 0 Å². The Morgan fingerprint density at radius 2 is 1.00 bits per heavy atom. The van der Waals surface area contributed by atoms with E-state index in [-0.39, 0.29) is 17.2 Å². The number of nitrogens with zero attached hydrogens (tertiary/aromatic N) is 3. The van der Waals surface area contributed by atoms with Crippen molar-refractivity contribution in [1.29, 1.82) is 0 Å². The molecule has 0 bridgehead atoms. The largest absolute Gasteiger partial charge is 0.418 e. The Morgan fingerprint density at radius 1 is 0.614 bits per heavy atom. The average Bonchev–Trinajstić information content (AvgIpc) is 2.93. The number of rotatable bonds is 6. The van der Waals surface area contributed by atoms with Crippen LogP contribution in [-0.4, -0.2) is 53.7 Å². The van der Waals surface area contributed by atoms with Crippen molar-refractivity contribution >= 4 is 55.4 Å². The topological polar surface area (TPSA) is 55.0 Å². The van der Waals surface area contributed by atoms with Gasteiger partial charge in [-0.05, 0) is 49.2 Å². The van der Waals surface area contributed by atoms with Crippen LogP contribution in [0.3, 0.4) is 0 Å².